The molecule has 3 atom stereocenters. The number of benzene rings is 1. The SMILES string of the molecule is CC(C)(C)[Si](C)(C)OC1CCCC(CNC(=O)c2ccc(Br)cc2)C1N1CCCC1. The van der Waals surface area contributed by atoms with Gasteiger partial charge in [0, 0.05) is 22.6 Å². The van der Waals surface area contributed by atoms with Crippen LogP contribution in [0.25, 0.3) is 0 Å². The van der Waals surface area contributed by atoms with Crippen LogP contribution in [0, 0.1) is 5.92 Å². The molecule has 30 heavy (non-hydrogen) atoms. The molecule has 1 saturated carbocycles. The highest BCUT2D eigenvalue weighted by Crippen LogP contribution is 2.41. The summed E-state index contributed by atoms with van der Waals surface area (Å²) in [5.74, 6) is 0.473. The molecule has 0 aromatic heterocycles. The Bertz CT molecular complexity index is 711. The van der Waals surface area contributed by atoms with Crippen molar-refractivity contribution in [3.05, 3.63) is 34.3 Å². The minimum atomic E-state index is -1.84. The standard InChI is InChI=1S/C24H39BrN2O2Si/c1-24(2,3)30(4,5)29-21-10-8-9-19(22(21)27-15-6-7-16-27)17-26-23(28)18-11-13-20(25)14-12-18/h11-14,19,21-22H,6-10,15-17H2,1-5H3,(H,26,28). The Balaban J connectivity index is 1.71. The summed E-state index contributed by atoms with van der Waals surface area (Å²) >= 11 is 3.44. The predicted molar refractivity (Wildman–Crippen MR) is 130 cm³/mol. The normalized spacial score (nSPS) is 26.0. The van der Waals surface area contributed by atoms with Gasteiger partial charge in [0.1, 0.15) is 0 Å². The van der Waals surface area contributed by atoms with E-state index in [9.17, 15) is 4.79 Å². The highest BCUT2D eigenvalue weighted by Gasteiger charge is 2.45. The molecule has 2 aliphatic rings. The quantitative estimate of drug-likeness (QED) is 0.505. The van der Waals surface area contributed by atoms with Crippen LogP contribution in [0.15, 0.2) is 28.7 Å². The molecule has 2 fully saturated rings. The van der Waals surface area contributed by atoms with Gasteiger partial charge in [-0.1, -0.05) is 43.1 Å². The van der Waals surface area contributed by atoms with Crippen molar-refractivity contribution in [3.63, 3.8) is 0 Å². The predicted octanol–water partition coefficient (Wildman–Crippen LogP) is 5.83. The average molecular weight is 496 g/mol. The largest absolute Gasteiger partial charge is 0.412 e. The first kappa shape index (κ1) is 24.0. The lowest BCUT2D eigenvalue weighted by Gasteiger charge is -2.48. The number of hydrogen-bond acceptors (Lipinski definition) is 3. The summed E-state index contributed by atoms with van der Waals surface area (Å²) in [4.78, 5) is 15.4. The number of hydrogen-bond donors (Lipinski definition) is 1. The molecular formula is C24H39BrN2O2Si. The van der Waals surface area contributed by atoms with Crippen LogP contribution in [-0.4, -0.2) is 50.9 Å². The fourth-order valence-electron chi connectivity index (χ4n) is 4.63. The van der Waals surface area contributed by atoms with E-state index < -0.39 is 8.32 Å². The van der Waals surface area contributed by atoms with Crippen molar-refractivity contribution in [2.75, 3.05) is 19.6 Å². The van der Waals surface area contributed by atoms with Crippen LogP contribution >= 0.6 is 15.9 Å². The van der Waals surface area contributed by atoms with Gasteiger partial charge in [0.25, 0.3) is 5.91 Å². The number of likely N-dealkylation sites (tertiary alicyclic amines) is 1. The van der Waals surface area contributed by atoms with Gasteiger partial charge in [-0.2, -0.15) is 0 Å². The van der Waals surface area contributed by atoms with Crippen molar-refractivity contribution < 1.29 is 9.22 Å². The van der Waals surface area contributed by atoms with Crippen molar-refractivity contribution >= 4 is 30.2 Å². The monoisotopic (exact) mass is 494 g/mol. The maximum atomic E-state index is 12.7. The fourth-order valence-corrected chi connectivity index (χ4v) is 6.27. The molecule has 1 N–H and O–H groups in total. The molecule has 1 amide bonds. The van der Waals surface area contributed by atoms with E-state index in [0.29, 0.717) is 12.0 Å². The van der Waals surface area contributed by atoms with Crippen LogP contribution in [0.1, 0.15) is 63.2 Å². The molecule has 3 rings (SSSR count). The average Bonchev–Trinajstić information content (AvgIpc) is 3.20. The van der Waals surface area contributed by atoms with E-state index in [4.69, 9.17) is 4.43 Å². The second kappa shape index (κ2) is 9.84. The second-order valence-electron chi connectivity index (χ2n) is 10.6. The zero-order chi connectivity index (χ0) is 21.9. The maximum absolute atomic E-state index is 12.7. The third kappa shape index (κ3) is 5.75. The van der Waals surface area contributed by atoms with Crippen LogP contribution in [0.2, 0.25) is 18.1 Å². The van der Waals surface area contributed by atoms with Gasteiger partial charge >= 0.3 is 0 Å². The molecule has 3 unspecified atom stereocenters. The van der Waals surface area contributed by atoms with Gasteiger partial charge in [-0.05, 0) is 87.1 Å². The van der Waals surface area contributed by atoms with E-state index in [2.05, 4.69) is 60.0 Å². The smallest absolute Gasteiger partial charge is 0.251 e. The lowest BCUT2D eigenvalue weighted by molar-refractivity contribution is 0.00431. The first-order chi connectivity index (χ1) is 14.1. The highest BCUT2D eigenvalue weighted by molar-refractivity contribution is 9.10. The Labute approximate surface area is 192 Å². The van der Waals surface area contributed by atoms with E-state index in [1.165, 1.54) is 38.8 Å². The topological polar surface area (TPSA) is 41.6 Å². The zero-order valence-corrected chi connectivity index (χ0v) is 21.9. The Morgan fingerprint density at radius 3 is 2.37 bits per heavy atom. The molecule has 0 spiro atoms. The molecular weight excluding hydrogens is 456 g/mol. The van der Waals surface area contributed by atoms with Crippen LogP contribution in [0.3, 0.4) is 0 Å². The zero-order valence-electron chi connectivity index (χ0n) is 19.3. The van der Waals surface area contributed by atoms with E-state index in [-0.39, 0.29) is 17.0 Å². The van der Waals surface area contributed by atoms with Crippen molar-refractivity contribution in [1.82, 2.24) is 10.2 Å². The summed E-state index contributed by atoms with van der Waals surface area (Å²) in [6, 6.07) is 8.01. The molecule has 0 bridgehead atoms. The maximum Gasteiger partial charge on any atom is 0.251 e. The van der Waals surface area contributed by atoms with Gasteiger partial charge < -0.3 is 9.74 Å². The van der Waals surface area contributed by atoms with Gasteiger partial charge in [-0.15, -0.1) is 0 Å². The van der Waals surface area contributed by atoms with Gasteiger partial charge in [0.05, 0.1) is 6.10 Å². The Morgan fingerprint density at radius 1 is 1.13 bits per heavy atom. The van der Waals surface area contributed by atoms with Crippen LogP contribution < -0.4 is 5.32 Å². The molecule has 1 aromatic carbocycles. The molecule has 1 aliphatic carbocycles. The van der Waals surface area contributed by atoms with Crippen molar-refractivity contribution in [1.29, 1.82) is 0 Å². The number of nitrogens with one attached hydrogen (secondary N) is 1. The summed E-state index contributed by atoms with van der Waals surface area (Å²) in [5.41, 5.74) is 0.723. The van der Waals surface area contributed by atoms with Gasteiger partial charge in [0.2, 0.25) is 0 Å². The van der Waals surface area contributed by atoms with E-state index in [1.807, 2.05) is 24.3 Å². The molecule has 1 heterocycles. The third-order valence-electron chi connectivity index (χ3n) is 7.37. The summed E-state index contributed by atoms with van der Waals surface area (Å²) in [7, 11) is -1.84. The molecule has 168 valence electrons. The third-order valence-corrected chi connectivity index (χ3v) is 12.4. The summed E-state index contributed by atoms with van der Waals surface area (Å²) in [6.07, 6.45) is 6.34. The van der Waals surface area contributed by atoms with Crippen LogP contribution in [0.5, 0.6) is 0 Å². The highest BCUT2D eigenvalue weighted by atomic mass is 79.9. The first-order valence-electron chi connectivity index (χ1n) is 11.5. The number of amides is 1. The van der Waals surface area contributed by atoms with E-state index in [1.54, 1.807) is 0 Å². The second-order valence-corrected chi connectivity index (χ2v) is 16.2. The molecule has 6 heteroatoms. The summed E-state index contributed by atoms with van der Waals surface area (Å²) in [6.45, 7) is 14.8. The molecule has 1 aromatic rings. The van der Waals surface area contributed by atoms with Crippen molar-refractivity contribution in [2.24, 2.45) is 5.92 Å². The minimum absolute atomic E-state index is 0.0233. The Kier molecular flexibility index (Phi) is 7.86. The molecule has 1 aliphatic heterocycles. The molecule has 4 nitrogen and oxygen atoms in total. The van der Waals surface area contributed by atoms with Gasteiger partial charge in [0.15, 0.2) is 8.32 Å². The Hall–Kier alpha value is -0.693. The summed E-state index contributed by atoms with van der Waals surface area (Å²) < 4.78 is 7.97. The number of carbonyl (C=O) groups excluding carboxylic acids is 1. The molecule has 1 saturated heterocycles. The van der Waals surface area contributed by atoms with E-state index in [0.717, 1.165) is 23.0 Å². The molecule has 0 radical (unpaired) electrons. The van der Waals surface area contributed by atoms with E-state index >= 15 is 0 Å². The van der Waals surface area contributed by atoms with Crippen molar-refractivity contribution in [2.45, 2.75) is 83.2 Å². The Morgan fingerprint density at radius 2 is 1.77 bits per heavy atom. The number of nitrogens with zero attached hydrogens (tertiary/aromatic N) is 1. The van der Waals surface area contributed by atoms with Gasteiger partial charge in [-0.3, -0.25) is 9.69 Å². The van der Waals surface area contributed by atoms with Crippen LogP contribution in [0.4, 0.5) is 0 Å². The minimum Gasteiger partial charge on any atom is -0.412 e. The summed E-state index contributed by atoms with van der Waals surface area (Å²) in [5, 5.41) is 3.44. The van der Waals surface area contributed by atoms with Crippen LogP contribution in [-0.2, 0) is 4.43 Å². The fraction of sp³-hybridized carbons (Fsp3) is 0.708. The number of halogens is 1. The van der Waals surface area contributed by atoms with Crippen molar-refractivity contribution in [3.8, 4) is 0 Å². The lowest BCUT2D eigenvalue weighted by Crippen LogP contribution is -2.57. The number of carbonyl (C=O) groups is 1. The first-order valence-corrected chi connectivity index (χ1v) is 15.2. The number of rotatable bonds is 6. The van der Waals surface area contributed by atoms with Gasteiger partial charge in [-0.25, -0.2) is 0 Å². The lowest BCUT2D eigenvalue weighted by atomic mass is 9.81.